The van der Waals surface area contributed by atoms with Crippen molar-refractivity contribution in [1.29, 1.82) is 0 Å². The van der Waals surface area contributed by atoms with Crippen molar-refractivity contribution >= 4 is 40.9 Å². The molecule has 5 nitrogen and oxygen atoms in total. The zero-order chi connectivity index (χ0) is 16.4. The molecule has 0 bridgehead atoms. The third-order valence-electron chi connectivity index (χ3n) is 4.63. The highest BCUT2D eigenvalue weighted by Gasteiger charge is 2.56. The van der Waals surface area contributed by atoms with E-state index in [0.29, 0.717) is 19.0 Å². The summed E-state index contributed by atoms with van der Waals surface area (Å²) in [6.07, 6.45) is 9.25. The number of carbonyl (C=O) groups is 1. The van der Waals surface area contributed by atoms with Crippen molar-refractivity contribution in [1.82, 2.24) is 20.1 Å². The molecule has 0 aliphatic heterocycles. The van der Waals surface area contributed by atoms with E-state index >= 15 is 0 Å². The topological polar surface area (TPSA) is 59.8 Å². The summed E-state index contributed by atoms with van der Waals surface area (Å²) in [4.78, 5) is 11.8. The van der Waals surface area contributed by atoms with Crippen molar-refractivity contribution in [2.75, 3.05) is 12.8 Å². The molecule has 3 rings (SSSR count). The van der Waals surface area contributed by atoms with Gasteiger partial charge in [-0.1, -0.05) is 24.6 Å². The molecule has 1 aromatic rings. The first kappa shape index (κ1) is 17.4. The van der Waals surface area contributed by atoms with Crippen molar-refractivity contribution in [3.05, 3.63) is 5.82 Å². The molecule has 0 saturated heterocycles. The van der Waals surface area contributed by atoms with Gasteiger partial charge in [0.25, 0.3) is 0 Å². The molecule has 2 fully saturated rings. The standard InChI is InChI=1S/C15H22Cl2N4OS/c1-23-14-20-19-12(21(14)10-5-2-3-6-10)7-4-8-18-13(22)11-9-15(11,16)17/h10-11H,2-9H2,1H3,(H,18,22). The molecule has 1 amide bonds. The number of alkyl halides is 2. The van der Waals surface area contributed by atoms with Crippen LogP contribution < -0.4 is 5.32 Å². The Morgan fingerprint density at radius 1 is 1.39 bits per heavy atom. The smallest absolute Gasteiger partial charge is 0.226 e. The Bertz CT molecular complexity index is 572. The summed E-state index contributed by atoms with van der Waals surface area (Å²) in [6.45, 7) is 0.616. The van der Waals surface area contributed by atoms with Gasteiger partial charge in [-0.25, -0.2) is 0 Å². The van der Waals surface area contributed by atoms with Gasteiger partial charge in [-0.15, -0.1) is 33.4 Å². The second-order valence-electron chi connectivity index (χ2n) is 6.32. The van der Waals surface area contributed by atoms with Crippen molar-refractivity contribution in [2.24, 2.45) is 5.92 Å². The first-order chi connectivity index (χ1) is 11.0. The Kier molecular flexibility index (Phi) is 5.43. The molecule has 23 heavy (non-hydrogen) atoms. The van der Waals surface area contributed by atoms with E-state index in [0.717, 1.165) is 23.8 Å². The number of aromatic nitrogens is 3. The zero-order valence-electron chi connectivity index (χ0n) is 13.2. The molecule has 2 aliphatic rings. The Morgan fingerprint density at radius 2 is 2.09 bits per heavy atom. The Morgan fingerprint density at radius 3 is 2.70 bits per heavy atom. The van der Waals surface area contributed by atoms with Gasteiger partial charge in [0.15, 0.2) is 5.16 Å². The van der Waals surface area contributed by atoms with Crippen LogP contribution in [0, 0.1) is 5.92 Å². The number of hydrogen-bond donors (Lipinski definition) is 1. The fourth-order valence-corrected chi connectivity index (χ4v) is 4.31. The minimum atomic E-state index is -0.847. The van der Waals surface area contributed by atoms with Crippen LogP contribution in [-0.4, -0.2) is 37.8 Å². The van der Waals surface area contributed by atoms with E-state index in [1.807, 2.05) is 6.26 Å². The molecular weight excluding hydrogens is 355 g/mol. The summed E-state index contributed by atoms with van der Waals surface area (Å²) in [7, 11) is 0. The highest BCUT2D eigenvalue weighted by molar-refractivity contribution is 7.98. The van der Waals surface area contributed by atoms with E-state index in [1.54, 1.807) is 11.8 Å². The van der Waals surface area contributed by atoms with Gasteiger partial charge < -0.3 is 9.88 Å². The first-order valence-electron chi connectivity index (χ1n) is 8.16. The Hall–Kier alpha value is -0.460. The maximum absolute atomic E-state index is 11.8. The molecule has 0 spiro atoms. The predicted molar refractivity (Wildman–Crippen MR) is 93.2 cm³/mol. The average molecular weight is 377 g/mol. The molecule has 1 unspecified atom stereocenters. The normalized spacial score (nSPS) is 23.2. The zero-order valence-corrected chi connectivity index (χ0v) is 15.6. The van der Waals surface area contributed by atoms with E-state index < -0.39 is 4.33 Å². The van der Waals surface area contributed by atoms with Gasteiger partial charge in [0.1, 0.15) is 10.2 Å². The SMILES string of the molecule is CSc1nnc(CCCNC(=O)C2CC2(Cl)Cl)n1C1CCCC1. The van der Waals surface area contributed by atoms with Crippen molar-refractivity contribution < 1.29 is 4.79 Å². The van der Waals surface area contributed by atoms with Gasteiger partial charge in [0.2, 0.25) is 5.91 Å². The third kappa shape index (κ3) is 3.97. The lowest BCUT2D eigenvalue weighted by Gasteiger charge is -2.16. The molecule has 2 saturated carbocycles. The molecule has 1 atom stereocenters. The lowest BCUT2D eigenvalue weighted by atomic mass is 10.2. The van der Waals surface area contributed by atoms with E-state index in [9.17, 15) is 4.79 Å². The minimum Gasteiger partial charge on any atom is -0.356 e. The lowest BCUT2D eigenvalue weighted by Crippen LogP contribution is -2.28. The fourth-order valence-electron chi connectivity index (χ4n) is 3.23. The van der Waals surface area contributed by atoms with Crippen molar-refractivity contribution in [3.8, 4) is 0 Å². The van der Waals surface area contributed by atoms with Crippen LogP contribution in [0.3, 0.4) is 0 Å². The van der Waals surface area contributed by atoms with Crippen LogP contribution in [0.15, 0.2) is 5.16 Å². The minimum absolute atomic E-state index is 0.0444. The number of nitrogens with zero attached hydrogens (tertiary/aromatic N) is 3. The van der Waals surface area contributed by atoms with Gasteiger partial charge in [-0.05, 0) is 31.9 Å². The Balaban J connectivity index is 1.50. The van der Waals surface area contributed by atoms with E-state index in [4.69, 9.17) is 23.2 Å². The number of nitrogens with one attached hydrogen (secondary N) is 1. The molecule has 1 aromatic heterocycles. The largest absolute Gasteiger partial charge is 0.356 e. The Labute approximate surface area is 150 Å². The number of aryl methyl sites for hydroxylation is 1. The van der Waals surface area contributed by atoms with Gasteiger partial charge in [-0.2, -0.15) is 0 Å². The lowest BCUT2D eigenvalue weighted by molar-refractivity contribution is -0.122. The van der Waals surface area contributed by atoms with Crippen LogP contribution in [0.4, 0.5) is 0 Å². The molecule has 128 valence electrons. The maximum Gasteiger partial charge on any atom is 0.226 e. The quantitative estimate of drug-likeness (QED) is 0.450. The van der Waals surface area contributed by atoms with Crippen LogP contribution >= 0.6 is 35.0 Å². The van der Waals surface area contributed by atoms with Crippen LogP contribution in [0.2, 0.25) is 0 Å². The number of rotatable bonds is 7. The summed E-state index contributed by atoms with van der Waals surface area (Å²) < 4.78 is 1.46. The fraction of sp³-hybridized carbons (Fsp3) is 0.800. The monoisotopic (exact) mass is 376 g/mol. The van der Waals surface area contributed by atoms with Crippen molar-refractivity contribution in [2.45, 2.75) is 60.5 Å². The molecule has 1 heterocycles. The van der Waals surface area contributed by atoms with Crippen LogP contribution in [0.1, 0.15) is 50.4 Å². The molecular formula is C15H22Cl2N4OS. The van der Waals surface area contributed by atoms with Gasteiger partial charge in [-0.3, -0.25) is 4.79 Å². The van der Waals surface area contributed by atoms with E-state index in [1.165, 1.54) is 25.7 Å². The van der Waals surface area contributed by atoms with Gasteiger partial charge >= 0.3 is 0 Å². The number of hydrogen-bond acceptors (Lipinski definition) is 4. The predicted octanol–water partition coefficient (Wildman–Crippen LogP) is 3.36. The number of thioether (sulfide) groups is 1. The number of halogens is 2. The number of amides is 1. The van der Waals surface area contributed by atoms with Gasteiger partial charge in [0, 0.05) is 19.0 Å². The van der Waals surface area contributed by atoms with Gasteiger partial charge in [0.05, 0.1) is 5.92 Å². The van der Waals surface area contributed by atoms with Crippen LogP contribution in [0.5, 0.6) is 0 Å². The van der Waals surface area contributed by atoms with Crippen molar-refractivity contribution in [3.63, 3.8) is 0 Å². The first-order valence-corrected chi connectivity index (χ1v) is 10.1. The maximum atomic E-state index is 11.8. The summed E-state index contributed by atoms with van der Waals surface area (Å²) in [5.74, 6) is 0.735. The summed E-state index contributed by atoms with van der Waals surface area (Å²) in [5, 5.41) is 12.6. The molecule has 8 heteroatoms. The van der Waals surface area contributed by atoms with E-state index in [-0.39, 0.29) is 11.8 Å². The molecule has 2 aliphatic carbocycles. The second-order valence-corrected chi connectivity index (χ2v) is 8.64. The third-order valence-corrected chi connectivity index (χ3v) is 6.11. The molecule has 0 aromatic carbocycles. The number of carbonyl (C=O) groups excluding carboxylic acids is 1. The second kappa shape index (κ2) is 7.19. The van der Waals surface area contributed by atoms with Crippen LogP contribution in [0.25, 0.3) is 0 Å². The van der Waals surface area contributed by atoms with Crippen LogP contribution in [-0.2, 0) is 11.2 Å². The average Bonchev–Trinajstić information content (AvgIpc) is 2.93. The highest BCUT2D eigenvalue weighted by atomic mass is 35.5. The molecule has 1 N–H and O–H groups in total. The summed E-state index contributed by atoms with van der Waals surface area (Å²) in [5.41, 5.74) is 0. The highest BCUT2D eigenvalue weighted by Crippen LogP contribution is 2.53. The van der Waals surface area contributed by atoms with E-state index in [2.05, 4.69) is 20.1 Å². The molecule has 0 radical (unpaired) electrons. The summed E-state index contributed by atoms with van der Waals surface area (Å²) in [6, 6.07) is 0.539. The summed E-state index contributed by atoms with van der Waals surface area (Å²) >= 11 is 13.5.